The highest BCUT2D eigenvalue weighted by Gasteiger charge is 2.26. The number of phenols is 1. The number of ether oxygens (including phenoxy) is 1. The Labute approximate surface area is 205 Å². The first-order valence-electron chi connectivity index (χ1n) is 11.2. The highest BCUT2D eigenvalue weighted by atomic mass is 16.5. The van der Waals surface area contributed by atoms with Gasteiger partial charge >= 0.3 is 0 Å². The lowest BCUT2D eigenvalue weighted by atomic mass is 9.91. The van der Waals surface area contributed by atoms with E-state index in [0.717, 1.165) is 0 Å². The Bertz CT molecular complexity index is 1390. The molecule has 0 fully saturated rings. The lowest BCUT2D eigenvalue weighted by Crippen LogP contribution is -2.27. The van der Waals surface area contributed by atoms with Crippen molar-refractivity contribution in [3.63, 3.8) is 0 Å². The predicted octanol–water partition coefficient (Wildman–Crippen LogP) is 3.28. The van der Waals surface area contributed by atoms with Crippen LogP contribution in [0.3, 0.4) is 0 Å². The number of aryl methyl sites for hydroxylation is 2. The van der Waals surface area contributed by atoms with Crippen LogP contribution < -0.4 is 15.5 Å². The third kappa shape index (κ3) is 5.57. The summed E-state index contributed by atoms with van der Waals surface area (Å²) >= 11 is 0. The van der Waals surface area contributed by atoms with Gasteiger partial charge in [0.15, 0.2) is 23.0 Å². The van der Waals surface area contributed by atoms with Crippen LogP contribution in [0, 0.1) is 6.92 Å². The minimum Gasteiger partial charge on any atom is -0.504 e. The van der Waals surface area contributed by atoms with E-state index in [1.165, 1.54) is 31.6 Å². The van der Waals surface area contributed by atoms with Gasteiger partial charge < -0.3 is 33.6 Å². The number of carbonyl (C=O) groups excluding carboxylic acids is 1. The number of aromatic hydroxyl groups is 2. The first-order valence-corrected chi connectivity index (χ1v) is 11.2. The zero-order chi connectivity index (χ0) is 25.7. The van der Waals surface area contributed by atoms with Crippen molar-refractivity contribution in [1.82, 2.24) is 15.5 Å². The van der Waals surface area contributed by atoms with Gasteiger partial charge in [-0.3, -0.25) is 9.59 Å². The van der Waals surface area contributed by atoms with Crippen molar-refractivity contribution >= 4 is 5.91 Å². The molecule has 0 radical (unpaired) electrons. The number of carbonyl (C=O) groups is 1. The fourth-order valence-corrected chi connectivity index (χ4v) is 3.72. The molecular formula is C25H25N3O8. The number of nitrogens with one attached hydrogen (secondary N) is 1. The van der Waals surface area contributed by atoms with Crippen molar-refractivity contribution < 1.29 is 33.1 Å². The van der Waals surface area contributed by atoms with Crippen LogP contribution in [0.2, 0.25) is 0 Å². The molecule has 0 bridgehead atoms. The number of nitrogens with zero attached hydrogens (tertiary/aromatic N) is 2. The van der Waals surface area contributed by atoms with Crippen LogP contribution in [-0.4, -0.2) is 39.9 Å². The van der Waals surface area contributed by atoms with Gasteiger partial charge in [0.1, 0.15) is 5.76 Å². The number of furan rings is 1. The molecule has 4 aromatic rings. The molecule has 4 rings (SSSR count). The van der Waals surface area contributed by atoms with Gasteiger partial charge in [0.2, 0.25) is 28.8 Å². The average molecular weight is 495 g/mol. The first-order chi connectivity index (χ1) is 17.4. The summed E-state index contributed by atoms with van der Waals surface area (Å²) in [5, 5.41) is 27.0. The second-order valence-corrected chi connectivity index (χ2v) is 8.06. The first kappa shape index (κ1) is 24.6. The standard InChI is InChI=1S/C25H25N3O8/c1-14-11-18(30)23(32)24(35-14)16(15-7-8-17(29)20(12-15)33-2)13-21(31)26-9-3-6-22-27-25(28-36-22)19-5-4-10-34-19/h4-5,7-8,10-12,16,29,32H,3,6,9,13H2,1-2H3,(H,26,31)/t16-/m0/s1. The van der Waals surface area contributed by atoms with Crippen molar-refractivity contribution in [1.29, 1.82) is 0 Å². The second-order valence-electron chi connectivity index (χ2n) is 8.06. The molecule has 36 heavy (non-hydrogen) atoms. The number of methoxy groups -OCH3 is 1. The van der Waals surface area contributed by atoms with Gasteiger partial charge in [-0.25, -0.2) is 0 Å². The van der Waals surface area contributed by atoms with Crippen LogP contribution in [-0.2, 0) is 11.2 Å². The molecule has 0 saturated carbocycles. The maximum absolute atomic E-state index is 12.8. The monoisotopic (exact) mass is 495 g/mol. The van der Waals surface area contributed by atoms with Crippen LogP contribution in [0.25, 0.3) is 11.6 Å². The molecule has 0 aliphatic heterocycles. The summed E-state index contributed by atoms with van der Waals surface area (Å²) in [6.45, 7) is 1.90. The minimum atomic E-state index is -0.807. The van der Waals surface area contributed by atoms with E-state index in [4.69, 9.17) is 18.1 Å². The smallest absolute Gasteiger partial charge is 0.238 e. The van der Waals surface area contributed by atoms with Gasteiger partial charge in [-0.2, -0.15) is 4.98 Å². The molecule has 188 valence electrons. The quantitative estimate of drug-likeness (QED) is 0.278. The van der Waals surface area contributed by atoms with E-state index in [1.807, 2.05) is 0 Å². The van der Waals surface area contributed by atoms with Crippen molar-refractivity contribution in [2.45, 2.75) is 32.1 Å². The third-order valence-electron chi connectivity index (χ3n) is 5.48. The van der Waals surface area contributed by atoms with Crippen LogP contribution in [0.15, 0.2) is 60.8 Å². The summed E-state index contributed by atoms with van der Waals surface area (Å²) in [5.74, 6) is -0.110. The SMILES string of the molecule is COc1cc([C@H](CC(=O)NCCCc2nc(-c3ccco3)no2)c2oc(C)cc(=O)c2O)ccc1O. The van der Waals surface area contributed by atoms with Gasteiger partial charge in [-0.1, -0.05) is 11.2 Å². The third-order valence-corrected chi connectivity index (χ3v) is 5.48. The fraction of sp³-hybridized carbons (Fsp3) is 0.280. The van der Waals surface area contributed by atoms with Gasteiger partial charge in [-0.05, 0) is 43.2 Å². The van der Waals surface area contributed by atoms with E-state index in [9.17, 15) is 19.8 Å². The molecule has 0 aliphatic carbocycles. The molecule has 0 spiro atoms. The van der Waals surface area contributed by atoms with Crippen LogP contribution in [0.1, 0.15) is 41.7 Å². The molecule has 0 saturated heterocycles. The van der Waals surface area contributed by atoms with Gasteiger partial charge in [-0.15, -0.1) is 0 Å². The van der Waals surface area contributed by atoms with E-state index in [2.05, 4.69) is 15.5 Å². The Morgan fingerprint density at radius 2 is 2.06 bits per heavy atom. The van der Waals surface area contributed by atoms with E-state index in [-0.39, 0.29) is 35.3 Å². The molecular weight excluding hydrogens is 470 g/mol. The summed E-state index contributed by atoms with van der Waals surface area (Å²) < 4.78 is 21.3. The molecule has 0 unspecified atom stereocenters. The topological polar surface area (TPSA) is 161 Å². The van der Waals surface area contributed by atoms with E-state index >= 15 is 0 Å². The second kappa shape index (κ2) is 10.8. The number of benzene rings is 1. The Hall–Kier alpha value is -4.54. The average Bonchev–Trinajstić information content (AvgIpc) is 3.55. The number of aromatic nitrogens is 2. The number of amides is 1. The minimum absolute atomic E-state index is 0.0424. The largest absolute Gasteiger partial charge is 0.504 e. The van der Waals surface area contributed by atoms with Crippen LogP contribution in [0.5, 0.6) is 17.2 Å². The van der Waals surface area contributed by atoms with Crippen molar-refractivity contribution in [3.05, 3.63) is 75.9 Å². The Morgan fingerprint density at radius 3 is 2.81 bits per heavy atom. The normalized spacial score (nSPS) is 11.8. The molecule has 1 aromatic carbocycles. The van der Waals surface area contributed by atoms with Gasteiger partial charge in [0, 0.05) is 25.5 Å². The zero-order valence-electron chi connectivity index (χ0n) is 19.7. The van der Waals surface area contributed by atoms with E-state index in [0.29, 0.717) is 42.4 Å². The fourth-order valence-electron chi connectivity index (χ4n) is 3.72. The molecule has 0 aliphatic rings. The molecule has 1 atom stereocenters. The van der Waals surface area contributed by atoms with E-state index in [1.54, 1.807) is 25.1 Å². The molecule has 1 amide bonds. The van der Waals surface area contributed by atoms with Crippen molar-refractivity contribution in [3.8, 4) is 28.8 Å². The number of hydrogen-bond donors (Lipinski definition) is 3. The van der Waals surface area contributed by atoms with Crippen molar-refractivity contribution in [2.75, 3.05) is 13.7 Å². The highest BCUT2D eigenvalue weighted by molar-refractivity contribution is 5.77. The summed E-state index contributed by atoms with van der Waals surface area (Å²) in [6.07, 6.45) is 2.37. The highest BCUT2D eigenvalue weighted by Crippen LogP contribution is 2.37. The molecule has 3 aromatic heterocycles. The van der Waals surface area contributed by atoms with Crippen LogP contribution >= 0.6 is 0 Å². The molecule has 3 N–H and O–H groups in total. The molecule has 11 heteroatoms. The lowest BCUT2D eigenvalue weighted by Gasteiger charge is -2.19. The van der Waals surface area contributed by atoms with E-state index < -0.39 is 17.1 Å². The summed E-state index contributed by atoms with van der Waals surface area (Å²) in [5.41, 5.74) is -0.0986. The van der Waals surface area contributed by atoms with Gasteiger partial charge in [0.05, 0.1) is 19.3 Å². The number of hydrogen-bond acceptors (Lipinski definition) is 10. The predicted molar refractivity (Wildman–Crippen MR) is 126 cm³/mol. The molecule has 11 nitrogen and oxygen atoms in total. The lowest BCUT2D eigenvalue weighted by molar-refractivity contribution is -0.121. The summed E-state index contributed by atoms with van der Waals surface area (Å²) in [7, 11) is 1.39. The van der Waals surface area contributed by atoms with Crippen molar-refractivity contribution in [2.24, 2.45) is 0 Å². The van der Waals surface area contributed by atoms with Gasteiger partial charge in [0.25, 0.3) is 0 Å². The Morgan fingerprint density at radius 1 is 1.22 bits per heavy atom. The summed E-state index contributed by atoms with van der Waals surface area (Å²) in [6, 6.07) is 9.13. The maximum atomic E-state index is 12.8. The maximum Gasteiger partial charge on any atom is 0.238 e. The van der Waals surface area contributed by atoms with Crippen LogP contribution in [0.4, 0.5) is 0 Å². The number of rotatable bonds is 10. The Balaban J connectivity index is 1.44. The Kier molecular flexibility index (Phi) is 7.38. The molecule has 3 heterocycles. The zero-order valence-corrected chi connectivity index (χ0v) is 19.7. The number of phenolic OH excluding ortho intramolecular Hbond substituents is 1. The summed E-state index contributed by atoms with van der Waals surface area (Å²) in [4.78, 5) is 29.3.